The zero-order valence-electron chi connectivity index (χ0n) is 25.9. The van der Waals surface area contributed by atoms with Crippen molar-refractivity contribution in [1.29, 1.82) is 0 Å². The smallest absolute Gasteiger partial charge is 0.206 e. The van der Waals surface area contributed by atoms with E-state index in [1.807, 2.05) is 23.9 Å². The molecule has 9 rings (SSSR count). The summed E-state index contributed by atoms with van der Waals surface area (Å²) < 4.78 is 21.6. The number of hydrogen-bond acceptors (Lipinski definition) is 10. The standard InChI is InChI=1S/C33H37N9O3/c1-20-23-16-35-42(26(23)13-25(36-20)24-15-34-8-4-28(24)43-3)29-14-27-30(31(37-29)41-17-22-12-21(41)18-45-22)38-32(39(27)2)40-9-5-33(6-10-40)7-11-44-19-33/h4,8,13-16,21-22H,5-7,9-12,17-19H2,1-3H3/t21-,22-/m1/s1. The van der Waals surface area contributed by atoms with Crippen LogP contribution in [0, 0.1) is 12.3 Å². The van der Waals surface area contributed by atoms with Crippen molar-refractivity contribution in [3.05, 3.63) is 42.5 Å². The summed E-state index contributed by atoms with van der Waals surface area (Å²) in [5, 5.41) is 5.84. The number of imidazole rings is 1. The van der Waals surface area contributed by atoms with Crippen molar-refractivity contribution in [3.8, 4) is 22.8 Å². The first-order valence-corrected chi connectivity index (χ1v) is 15.9. The normalized spacial score (nSPS) is 22.5. The maximum Gasteiger partial charge on any atom is 0.206 e. The van der Waals surface area contributed by atoms with Gasteiger partial charge in [0.25, 0.3) is 0 Å². The Bertz CT molecular complexity index is 1940. The summed E-state index contributed by atoms with van der Waals surface area (Å²) in [6.07, 6.45) is 10.1. The molecule has 232 valence electrons. The number of rotatable bonds is 5. The Morgan fingerprint density at radius 2 is 1.93 bits per heavy atom. The van der Waals surface area contributed by atoms with Gasteiger partial charge in [0, 0.05) is 62.8 Å². The first-order chi connectivity index (χ1) is 22.0. The Hall–Kier alpha value is -4.29. The van der Waals surface area contributed by atoms with E-state index in [4.69, 9.17) is 34.3 Å². The highest BCUT2D eigenvalue weighted by Crippen LogP contribution is 2.42. The minimum Gasteiger partial charge on any atom is -0.496 e. The molecule has 4 aliphatic heterocycles. The number of morpholine rings is 1. The molecule has 2 bridgehead atoms. The van der Waals surface area contributed by atoms with Crippen LogP contribution in [0.15, 0.2) is 36.8 Å². The number of fused-ring (bicyclic) bond motifs is 4. The Morgan fingerprint density at radius 3 is 2.69 bits per heavy atom. The van der Waals surface area contributed by atoms with Crippen molar-refractivity contribution in [1.82, 2.24) is 34.3 Å². The fourth-order valence-electron chi connectivity index (χ4n) is 7.87. The number of ether oxygens (including phenoxy) is 3. The summed E-state index contributed by atoms with van der Waals surface area (Å²) in [7, 11) is 3.79. The summed E-state index contributed by atoms with van der Waals surface area (Å²) in [6.45, 7) is 7.30. The summed E-state index contributed by atoms with van der Waals surface area (Å²) in [5.41, 5.74) is 5.73. The van der Waals surface area contributed by atoms with Gasteiger partial charge in [0.1, 0.15) is 11.3 Å². The van der Waals surface area contributed by atoms with Gasteiger partial charge in [-0.05, 0) is 50.2 Å². The van der Waals surface area contributed by atoms with Crippen molar-refractivity contribution in [3.63, 3.8) is 0 Å². The van der Waals surface area contributed by atoms with Crippen LogP contribution in [0.2, 0.25) is 0 Å². The molecule has 9 heterocycles. The van der Waals surface area contributed by atoms with Gasteiger partial charge >= 0.3 is 0 Å². The number of methoxy groups -OCH3 is 1. The maximum atomic E-state index is 5.98. The van der Waals surface area contributed by atoms with E-state index in [0.29, 0.717) is 11.5 Å². The Labute approximate surface area is 260 Å². The number of aromatic nitrogens is 7. The average Bonchev–Trinajstić information content (AvgIpc) is 3.91. The van der Waals surface area contributed by atoms with Gasteiger partial charge in [0.2, 0.25) is 5.95 Å². The van der Waals surface area contributed by atoms with Crippen LogP contribution in [-0.2, 0) is 16.5 Å². The monoisotopic (exact) mass is 607 g/mol. The van der Waals surface area contributed by atoms with Gasteiger partial charge in [0.05, 0.1) is 61.0 Å². The fourth-order valence-corrected chi connectivity index (χ4v) is 7.87. The van der Waals surface area contributed by atoms with Crippen molar-refractivity contribution < 1.29 is 14.2 Å². The number of nitrogens with zero attached hydrogens (tertiary/aromatic N) is 9. The third kappa shape index (κ3) is 4.22. The first kappa shape index (κ1) is 27.1. The zero-order chi connectivity index (χ0) is 30.3. The third-order valence-electron chi connectivity index (χ3n) is 10.5. The van der Waals surface area contributed by atoms with E-state index in [0.717, 1.165) is 121 Å². The molecule has 0 N–H and O–H groups in total. The van der Waals surface area contributed by atoms with E-state index < -0.39 is 0 Å². The average molecular weight is 608 g/mol. The highest BCUT2D eigenvalue weighted by atomic mass is 16.5. The Balaban J connectivity index is 1.18. The van der Waals surface area contributed by atoms with E-state index in [1.165, 1.54) is 6.42 Å². The van der Waals surface area contributed by atoms with Crippen molar-refractivity contribution in [2.45, 2.75) is 44.8 Å². The van der Waals surface area contributed by atoms with Crippen molar-refractivity contribution >= 4 is 33.7 Å². The molecule has 45 heavy (non-hydrogen) atoms. The molecule has 0 saturated carbocycles. The molecule has 4 saturated heterocycles. The Kier molecular flexibility index (Phi) is 6.08. The maximum absolute atomic E-state index is 5.98. The molecule has 4 fully saturated rings. The SMILES string of the molecule is COc1ccncc1-c1cc2c(cnn2-c2cc3c(nc(N4CCC5(CCOC5)CC4)n3C)c(N3C[C@H]4C[C@@H]3CO4)n2)c(C)n1. The molecule has 0 aliphatic carbocycles. The molecular weight excluding hydrogens is 570 g/mol. The lowest BCUT2D eigenvalue weighted by atomic mass is 9.78. The van der Waals surface area contributed by atoms with Crippen LogP contribution < -0.4 is 14.5 Å². The van der Waals surface area contributed by atoms with Gasteiger partial charge in [-0.15, -0.1) is 0 Å². The second kappa shape index (κ2) is 10.1. The molecule has 0 unspecified atom stereocenters. The van der Waals surface area contributed by atoms with Crippen LogP contribution in [0.5, 0.6) is 5.75 Å². The summed E-state index contributed by atoms with van der Waals surface area (Å²) in [6, 6.07) is 6.33. The highest BCUT2D eigenvalue weighted by molar-refractivity contribution is 5.92. The van der Waals surface area contributed by atoms with Gasteiger partial charge in [-0.25, -0.2) is 14.6 Å². The minimum atomic E-state index is 0.238. The second-order valence-corrected chi connectivity index (χ2v) is 13.1. The largest absolute Gasteiger partial charge is 0.496 e. The lowest BCUT2D eigenvalue weighted by molar-refractivity contribution is 0.0989. The second-order valence-electron chi connectivity index (χ2n) is 13.1. The molecule has 0 radical (unpaired) electrons. The number of aryl methyl sites for hydroxylation is 2. The van der Waals surface area contributed by atoms with Gasteiger partial charge in [-0.1, -0.05) is 0 Å². The quantitative estimate of drug-likeness (QED) is 0.290. The molecule has 0 amide bonds. The molecule has 4 aliphatic rings. The number of anilines is 2. The molecule has 0 aromatic carbocycles. The van der Waals surface area contributed by atoms with Crippen LogP contribution in [0.3, 0.4) is 0 Å². The predicted octanol–water partition coefficient (Wildman–Crippen LogP) is 4.07. The lowest BCUT2D eigenvalue weighted by Gasteiger charge is -2.38. The van der Waals surface area contributed by atoms with Crippen LogP contribution in [0.1, 0.15) is 31.4 Å². The summed E-state index contributed by atoms with van der Waals surface area (Å²) in [5.74, 6) is 3.38. The Morgan fingerprint density at radius 1 is 1.04 bits per heavy atom. The molecular formula is C33H37N9O3. The first-order valence-electron chi connectivity index (χ1n) is 15.9. The van der Waals surface area contributed by atoms with Crippen molar-refractivity contribution in [2.75, 3.05) is 56.4 Å². The van der Waals surface area contributed by atoms with E-state index in [2.05, 4.69) is 38.5 Å². The minimum absolute atomic E-state index is 0.238. The highest BCUT2D eigenvalue weighted by Gasteiger charge is 2.42. The summed E-state index contributed by atoms with van der Waals surface area (Å²) >= 11 is 0. The number of hydrogen-bond donors (Lipinski definition) is 0. The zero-order valence-corrected chi connectivity index (χ0v) is 25.9. The molecule has 12 heteroatoms. The van der Waals surface area contributed by atoms with E-state index >= 15 is 0 Å². The van der Waals surface area contributed by atoms with Crippen LogP contribution in [0.4, 0.5) is 11.8 Å². The summed E-state index contributed by atoms with van der Waals surface area (Å²) in [4.78, 5) is 24.7. The molecule has 5 aromatic heterocycles. The van der Waals surface area contributed by atoms with E-state index in [-0.39, 0.29) is 6.10 Å². The third-order valence-corrected chi connectivity index (χ3v) is 10.5. The fraction of sp³-hybridized carbons (Fsp3) is 0.485. The molecule has 2 atom stereocenters. The van der Waals surface area contributed by atoms with Gasteiger partial charge in [-0.2, -0.15) is 5.10 Å². The van der Waals surface area contributed by atoms with Gasteiger partial charge in [-0.3, -0.25) is 9.97 Å². The topological polar surface area (TPSA) is 108 Å². The molecule has 5 aromatic rings. The van der Waals surface area contributed by atoms with E-state index in [1.54, 1.807) is 19.5 Å². The van der Waals surface area contributed by atoms with Gasteiger partial charge in [0.15, 0.2) is 11.6 Å². The molecule has 12 nitrogen and oxygen atoms in total. The van der Waals surface area contributed by atoms with Crippen LogP contribution >= 0.6 is 0 Å². The lowest BCUT2D eigenvalue weighted by Crippen LogP contribution is -2.41. The number of pyridine rings is 3. The van der Waals surface area contributed by atoms with Gasteiger partial charge < -0.3 is 28.6 Å². The van der Waals surface area contributed by atoms with Crippen LogP contribution in [-0.4, -0.2) is 93.0 Å². The molecule has 1 spiro atoms. The van der Waals surface area contributed by atoms with Crippen molar-refractivity contribution in [2.24, 2.45) is 12.5 Å². The number of piperidine rings is 1. The van der Waals surface area contributed by atoms with E-state index in [9.17, 15) is 0 Å². The predicted molar refractivity (Wildman–Crippen MR) is 170 cm³/mol. The van der Waals surface area contributed by atoms with Crippen LogP contribution in [0.25, 0.3) is 39.0 Å².